The van der Waals surface area contributed by atoms with E-state index < -0.39 is 0 Å². The van der Waals surface area contributed by atoms with Crippen LogP contribution in [-0.2, 0) is 0 Å². The van der Waals surface area contributed by atoms with Crippen molar-refractivity contribution in [1.29, 1.82) is 5.26 Å². The molecule has 0 unspecified atom stereocenters. The number of hydrogen-bond donors (Lipinski definition) is 0. The highest BCUT2D eigenvalue weighted by atomic mass is 16.2. The van der Waals surface area contributed by atoms with E-state index >= 15 is 0 Å². The Labute approximate surface area is 130 Å². The maximum Gasteiger partial charge on any atom is 0.352 e. The molecule has 1 aromatic carbocycles. The van der Waals surface area contributed by atoms with Crippen molar-refractivity contribution in [2.45, 2.75) is 12.1 Å². The second-order valence-corrected chi connectivity index (χ2v) is 7.69. The Bertz CT molecular complexity index is 1090. The van der Waals surface area contributed by atoms with Gasteiger partial charge in [-0.1, -0.05) is 18.2 Å². The minimum Gasteiger partial charge on any atom is -0.245 e. The average Bonchev–Trinajstić information content (AvgIpc) is 3.36. The number of benzene rings is 1. The van der Waals surface area contributed by atoms with E-state index in [-0.39, 0.29) is 28.9 Å². The number of rotatable bonds is 1. The molecule has 2 bridgehead atoms. The SMILES string of the molecule is N#C[C@]12[C@@H]3[C@@H]4[C@@H]5[C@@H]4[C@H]1n1c(=O)n(-c4ccccc4)c(=O)n1[C@H]5[C@@H]32. The molecule has 6 nitrogen and oxygen atoms in total. The lowest BCUT2D eigenvalue weighted by Crippen LogP contribution is -2.48. The zero-order valence-corrected chi connectivity index (χ0v) is 12.0. The Morgan fingerprint density at radius 3 is 2.43 bits per heavy atom. The summed E-state index contributed by atoms with van der Waals surface area (Å²) in [6.45, 7) is 0. The molecule has 112 valence electrons. The first kappa shape index (κ1) is 11.1. The molecular weight excluding hydrogens is 292 g/mol. The van der Waals surface area contributed by atoms with Crippen molar-refractivity contribution in [3.05, 3.63) is 51.3 Å². The lowest BCUT2D eigenvalue weighted by molar-refractivity contribution is 0.0819. The molecule has 4 saturated carbocycles. The Hall–Kier alpha value is -2.55. The van der Waals surface area contributed by atoms with E-state index in [1.807, 2.05) is 18.2 Å². The zero-order chi connectivity index (χ0) is 15.2. The first-order chi connectivity index (χ1) is 11.2. The second kappa shape index (κ2) is 2.82. The smallest absolute Gasteiger partial charge is 0.245 e. The number of nitriles is 1. The molecule has 0 radical (unpaired) electrons. The molecule has 0 amide bonds. The number of hydrogen-bond acceptors (Lipinski definition) is 3. The largest absolute Gasteiger partial charge is 0.352 e. The molecule has 8 rings (SSSR count). The summed E-state index contributed by atoms with van der Waals surface area (Å²) in [5, 5.41) is 9.77. The first-order valence-corrected chi connectivity index (χ1v) is 8.16. The molecule has 4 aliphatic carbocycles. The van der Waals surface area contributed by atoms with Crippen LogP contribution < -0.4 is 11.4 Å². The molecule has 4 fully saturated rings. The zero-order valence-electron chi connectivity index (χ0n) is 12.0. The molecule has 2 aliphatic heterocycles. The van der Waals surface area contributed by atoms with Crippen molar-refractivity contribution >= 4 is 0 Å². The molecule has 1 aromatic heterocycles. The fraction of sp³-hybridized carbons (Fsp3) is 0.471. The van der Waals surface area contributed by atoms with Gasteiger partial charge in [-0.05, 0) is 35.8 Å². The monoisotopic (exact) mass is 304 g/mol. The molecule has 23 heavy (non-hydrogen) atoms. The first-order valence-electron chi connectivity index (χ1n) is 8.16. The van der Waals surface area contributed by atoms with Crippen LogP contribution in [0.5, 0.6) is 0 Å². The van der Waals surface area contributed by atoms with E-state index in [1.54, 1.807) is 21.5 Å². The van der Waals surface area contributed by atoms with Crippen LogP contribution in [0.3, 0.4) is 0 Å². The van der Waals surface area contributed by atoms with Gasteiger partial charge in [0.15, 0.2) is 0 Å². The van der Waals surface area contributed by atoms with Crippen LogP contribution in [0, 0.1) is 46.3 Å². The molecule has 6 heteroatoms. The third-order valence-electron chi connectivity index (χ3n) is 7.36. The third kappa shape index (κ3) is 0.792. The maximum absolute atomic E-state index is 13.0. The van der Waals surface area contributed by atoms with Gasteiger partial charge in [-0.2, -0.15) is 5.26 Å². The Kier molecular flexibility index (Phi) is 1.36. The van der Waals surface area contributed by atoms with E-state index in [1.165, 1.54) is 4.57 Å². The molecule has 2 aromatic rings. The average molecular weight is 304 g/mol. The summed E-state index contributed by atoms with van der Waals surface area (Å²) >= 11 is 0. The van der Waals surface area contributed by atoms with Gasteiger partial charge < -0.3 is 0 Å². The van der Waals surface area contributed by atoms with Crippen LogP contribution in [0.25, 0.3) is 5.69 Å². The highest BCUT2D eigenvalue weighted by Gasteiger charge is 2.97. The predicted octanol–water partition coefficient (Wildman–Crippen LogP) is 0.542. The standard InChI is InChI=1S/C17H12N4O2/c18-6-17-11-8-9-10(8)14(17)21-16(23)19(7-4-2-1-3-5-7)15(22)20(21)13(9)12(11)17/h1-5,8-14H/t8-,9-,10-,11-,12-,13-,14-,17-/m1/s1. The molecule has 3 heterocycles. The summed E-state index contributed by atoms with van der Waals surface area (Å²) in [4.78, 5) is 26.0. The van der Waals surface area contributed by atoms with Crippen molar-refractivity contribution in [2.24, 2.45) is 35.0 Å². The van der Waals surface area contributed by atoms with Gasteiger partial charge in [0.1, 0.15) is 0 Å². The minimum absolute atomic E-state index is 0.0739. The van der Waals surface area contributed by atoms with Gasteiger partial charge in [0.2, 0.25) is 0 Å². The van der Waals surface area contributed by atoms with E-state index in [0.29, 0.717) is 35.3 Å². The van der Waals surface area contributed by atoms with Gasteiger partial charge >= 0.3 is 11.4 Å². The molecule has 0 spiro atoms. The van der Waals surface area contributed by atoms with Crippen LogP contribution in [-0.4, -0.2) is 13.9 Å². The van der Waals surface area contributed by atoms with Gasteiger partial charge in [-0.25, -0.2) is 23.5 Å². The minimum atomic E-state index is -0.353. The van der Waals surface area contributed by atoms with Crippen LogP contribution in [0.2, 0.25) is 0 Å². The molecule has 6 aliphatic rings. The highest BCUT2D eigenvalue weighted by molar-refractivity contribution is 5.48. The second-order valence-electron chi connectivity index (χ2n) is 7.69. The van der Waals surface area contributed by atoms with E-state index in [9.17, 15) is 14.9 Å². The van der Waals surface area contributed by atoms with Gasteiger partial charge in [-0.15, -0.1) is 0 Å². The summed E-state index contributed by atoms with van der Waals surface area (Å²) in [5.74, 6) is 2.33. The maximum atomic E-state index is 13.0. The van der Waals surface area contributed by atoms with Crippen LogP contribution in [0.4, 0.5) is 0 Å². The van der Waals surface area contributed by atoms with Gasteiger partial charge in [0.05, 0.1) is 29.3 Å². The summed E-state index contributed by atoms with van der Waals surface area (Å²) in [6.07, 6.45) is 0. The van der Waals surface area contributed by atoms with Crippen LogP contribution in [0.1, 0.15) is 12.1 Å². The van der Waals surface area contributed by atoms with Crippen molar-refractivity contribution in [1.82, 2.24) is 13.9 Å². The lowest BCUT2D eigenvalue weighted by Gasteiger charge is -2.39. The topological polar surface area (TPSA) is 72.7 Å². The Balaban J connectivity index is 1.58. The number of nitrogens with zero attached hydrogens (tertiary/aromatic N) is 4. The van der Waals surface area contributed by atoms with Crippen molar-refractivity contribution < 1.29 is 0 Å². The van der Waals surface area contributed by atoms with Crippen LogP contribution >= 0.6 is 0 Å². The Morgan fingerprint density at radius 2 is 1.70 bits per heavy atom. The summed E-state index contributed by atoms with van der Waals surface area (Å²) in [5.41, 5.74) is -0.259. The van der Waals surface area contributed by atoms with E-state index in [4.69, 9.17) is 0 Å². The fourth-order valence-electron chi connectivity index (χ4n) is 6.90. The Morgan fingerprint density at radius 1 is 0.957 bits per heavy atom. The summed E-state index contributed by atoms with van der Waals surface area (Å²) < 4.78 is 4.62. The fourth-order valence-corrected chi connectivity index (χ4v) is 6.90. The normalized spacial score (nSPS) is 48.0. The van der Waals surface area contributed by atoms with Crippen molar-refractivity contribution in [2.75, 3.05) is 0 Å². The molecular formula is C17H12N4O2. The van der Waals surface area contributed by atoms with Crippen molar-refractivity contribution in [3.63, 3.8) is 0 Å². The summed E-state index contributed by atoms with van der Waals surface area (Å²) in [7, 11) is 0. The number of aromatic nitrogens is 3. The quantitative estimate of drug-likeness (QED) is 0.772. The van der Waals surface area contributed by atoms with Gasteiger partial charge in [-0.3, -0.25) is 0 Å². The molecule has 0 saturated heterocycles. The molecule has 8 atom stereocenters. The molecule has 0 N–H and O–H groups in total. The van der Waals surface area contributed by atoms with Gasteiger partial charge in [0.25, 0.3) is 0 Å². The lowest BCUT2D eigenvalue weighted by atomic mass is 9.80. The summed E-state index contributed by atoms with van der Waals surface area (Å²) in [6, 6.07) is 11.6. The number of para-hydroxylation sites is 1. The van der Waals surface area contributed by atoms with Gasteiger partial charge in [0, 0.05) is 5.92 Å². The third-order valence-corrected chi connectivity index (χ3v) is 7.36. The van der Waals surface area contributed by atoms with E-state index in [2.05, 4.69) is 6.07 Å². The van der Waals surface area contributed by atoms with E-state index in [0.717, 1.165) is 0 Å². The predicted molar refractivity (Wildman–Crippen MR) is 77.9 cm³/mol. The van der Waals surface area contributed by atoms with Crippen LogP contribution in [0.15, 0.2) is 39.9 Å². The van der Waals surface area contributed by atoms with Crippen molar-refractivity contribution in [3.8, 4) is 11.8 Å². The highest BCUT2D eigenvalue weighted by Crippen LogP contribution is 2.96.